The third-order valence-electron chi connectivity index (χ3n) is 5.96. The van der Waals surface area contributed by atoms with Gasteiger partial charge in [0.2, 0.25) is 19.5 Å². The molecule has 1 atom stereocenters. The highest BCUT2D eigenvalue weighted by molar-refractivity contribution is 7.55. The third-order valence-corrected chi connectivity index (χ3v) is 9.26. The third kappa shape index (κ3) is 8.95. The van der Waals surface area contributed by atoms with Gasteiger partial charge in [0.05, 0.1) is 10.8 Å². The quantitative estimate of drug-likeness (QED) is 0.124. The summed E-state index contributed by atoms with van der Waals surface area (Å²) < 4.78 is 64.4. The number of amides is 1. The number of halogens is 3. The molecule has 0 aliphatic carbocycles. The van der Waals surface area contributed by atoms with Crippen molar-refractivity contribution in [1.29, 1.82) is 0 Å². The van der Waals surface area contributed by atoms with E-state index in [1.54, 1.807) is 65.1 Å². The molecule has 3 rings (SSSR count). The van der Waals surface area contributed by atoms with Crippen molar-refractivity contribution in [2.24, 2.45) is 10.8 Å². The van der Waals surface area contributed by atoms with Gasteiger partial charge in [-0.05, 0) is 88.2 Å². The van der Waals surface area contributed by atoms with E-state index in [0.29, 0.717) is 15.1 Å². The van der Waals surface area contributed by atoms with Gasteiger partial charge in [0.1, 0.15) is 0 Å². The van der Waals surface area contributed by atoms with Crippen LogP contribution in [0.25, 0.3) is 16.2 Å². The van der Waals surface area contributed by atoms with Crippen LogP contribution < -0.4 is 5.32 Å². The van der Waals surface area contributed by atoms with Gasteiger partial charge in [0.15, 0.2) is 17.3 Å². The first-order valence-electron chi connectivity index (χ1n) is 13.2. The number of nitrogens with one attached hydrogen (secondary N) is 1. The summed E-state index contributed by atoms with van der Waals surface area (Å²) in [6.45, 7) is 7.87. The first kappa shape index (κ1) is 35.3. The lowest BCUT2D eigenvalue weighted by Gasteiger charge is -2.27. The molecule has 0 radical (unpaired) electrons. The summed E-state index contributed by atoms with van der Waals surface area (Å²) in [4.78, 5) is 38.5. The van der Waals surface area contributed by atoms with Crippen LogP contribution in [0.5, 0.6) is 0 Å². The van der Waals surface area contributed by atoms with Crippen molar-refractivity contribution in [3.05, 3.63) is 75.8 Å². The monoisotopic (exact) mass is 671 g/mol. The molecule has 1 N–H and O–H groups in total. The van der Waals surface area contributed by atoms with Crippen LogP contribution in [0.3, 0.4) is 0 Å². The maximum Gasteiger partial charge on any atom is 0.353 e. The van der Waals surface area contributed by atoms with Crippen molar-refractivity contribution < 1.29 is 46.3 Å². The molecule has 1 unspecified atom stereocenters. The summed E-state index contributed by atoms with van der Waals surface area (Å²) in [6.07, 6.45) is 2.15. The van der Waals surface area contributed by atoms with Gasteiger partial charge in [0.25, 0.3) is 0 Å². The molecular weight excluding hydrogens is 639 g/mol. The molecule has 0 aliphatic rings. The van der Waals surface area contributed by atoms with Crippen LogP contribution in [0.15, 0.2) is 48.0 Å². The van der Waals surface area contributed by atoms with E-state index in [0.717, 1.165) is 18.3 Å². The summed E-state index contributed by atoms with van der Waals surface area (Å²) in [5, 5.41) is 4.75. The number of carbonyl (C=O) groups excluding carboxylic acids is 3. The predicted molar refractivity (Wildman–Crippen MR) is 164 cm³/mol. The minimum atomic E-state index is -4.71. The minimum Gasteiger partial charge on any atom is -0.438 e. The molecule has 1 heterocycles. The maximum atomic E-state index is 14.5. The summed E-state index contributed by atoms with van der Waals surface area (Å²) in [5.41, 5.74) is -3.55. The van der Waals surface area contributed by atoms with Gasteiger partial charge in [-0.25, -0.2) is 8.78 Å². The minimum absolute atomic E-state index is 0.159. The smallest absolute Gasteiger partial charge is 0.353 e. The second-order valence-corrected chi connectivity index (χ2v) is 15.1. The topological polar surface area (TPSA) is 117 Å². The van der Waals surface area contributed by atoms with E-state index >= 15 is 0 Å². The summed E-state index contributed by atoms with van der Waals surface area (Å²) >= 11 is 7.45. The Bertz CT molecular complexity index is 1580. The van der Waals surface area contributed by atoms with E-state index in [9.17, 15) is 27.7 Å². The van der Waals surface area contributed by atoms with Gasteiger partial charge >= 0.3 is 19.5 Å². The fourth-order valence-corrected chi connectivity index (χ4v) is 6.48. The van der Waals surface area contributed by atoms with Gasteiger partial charge < -0.3 is 14.8 Å². The van der Waals surface area contributed by atoms with Gasteiger partial charge in [-0.1, -0.05) is 23.7 Å². The summed E-state index contributed by atoms with van der Waals surface area (Å²) in [7, 11) is -4.71. The Morgan fingerprint density at radius 2 is 1.57 bits per heavy atom. The van der Waals surface area contributed by atoms with Crippen LogP contribution in [-0.2, 0) is 37.5 Å². The molecule has 0 aliphatic heterocycles. The first-order chi connectivity index (χ1) is 20.4. The van der Waals surface area contributed by atoms with Gasteiger partial charge in [-0.15, -0.1) is 11.3 Å². The number of hydrogen-bond acceptors (Lipinski definition) is 9. The van der Waals surface area contributed by atoms with E-state index in [1.807, 2.05) is 0 Å². The second kappa shape index (κ2) is 14.3. The van der Waals surface area contributed by atoms with Crippen molar-refractivity contribution in [2.75, 3.05) is 13.6 Å². The van der Waals surface area contributed by atoms with Crippen molar-refractivity contribution in [2.45, 2.75) is 47.2 Å². The molecule has 0 saturated heterocycles. The average molecular weight is 672 g/mol. The molecule has 9 nitrogen and oxygen atoms in total. The van der Waals surface area contributed by atoms with Crippen LogP contribution in [0.4, 0.5) is 8.78 Å². The van der Waals surface area contributed by atoms with E-state index in [4.69, 9.17) is 30.1 Å². The summed E-state index contributed by atoms with van der Waals surface area (Å²) in [5.74, 6) is -4.52. The number of carbonyl (C=O) groups is 3. The zero-order valence-electron chi connectivity index (χ0n) is 24.9. The standard InChI is InChI=1S/C30H33ClF2NO8PS/c1-29(2,3)27(36)39-16-41-43(38,42-17-40-28(37)30(4,5)6)25(21-15-44-23-11-10-19(31)14-20(21)23)26(35)34-13-12-18-8-7-9-22(32)24(18)33/h7-15,25H,16-17H2,1-6H3,(H,34,35)/b13-12+. The summed E-state index contributed by atoms with van der Waals surface area (Å²) in [6, 6.07) is 8.42. The van der Waals surface area contributed by atoms with Crippen LogP contribution >= 0.6 is 30.5 Å². The number of fused-ring (bicyclic) bond motifs is 1. The molecule has 0 spiro atoms. The lowest BCUT2D eigenvalue weighted by molar-refractivity contribution is -0.162. The maximum absolute atomic E-state index is 14.5. The van der Waals surface area contributed by atoms with Gasteiger partial charge in [-0.2, -0.15) is 0 Å². The van der Waals surface area contributed by atoms with Crippen molar-refractivity contribution in [3.63, 3.8) is 0 Å². The Morgan fingerprint density at radius 1 is 0.977 bits per heavy atom. The Labute approximate surface area is 263 Å². The van der Waals surface area contributed by atoms with Crippen molar-refractivity contribution >= 4 is 64.5 Å². The average Bonchev–Trinajstić information content (AvgIpc) is 3.32. The Morgan fingerprint density at radius 3 is 2.14 bits per heavy atom. The number of ether oxygens (including phenoxy) is 2. The molecule has 2 aromatic carbocycles. The molecule has 0 fully saturated rings. The molecular formula is C30H33ClF2NO8PS. The lowest BCUT2D eigenvalue weighted by Crippen LogP contribution is -2.29. The number of thiophene rings is 1. The van der Waals surface area contributed by atoms with Crippen LogP contribution in [0, 0.1) is 22.5 Å². The van der Waals surface area contributed by atoms with Crippen LogP contribution in [0.2, 0.25) is 5.02 Å². The highest BCUT2D eigenvalue weighted by Gasteiger charge is 2.45. The second-order valence-electron chi connectivity index (χ2n) is 11.6. The zero-order valence-corrected chi connectivity index (χ0v) is 27.4. The molecule has 1 aromatic heterocycles. The van der Waals surface area contributed by atoms with Crippen molar-refractivity contribution in [1.82, 2.24) is 5.32 Å². The normalized spacial score (nSPS) is 13.2. The fraction of sp³-hybridized carbons (Fsp3) is 0.367. The molecule has 0 bridgehead atoms. The SMILES string of the molecule is CC(C)(C)C(=O)OCOP(=O)(OCOC(=O)C(C)(C)C)C(C(=O)N/C=C/c1cccc(F)c1F)c1csc2ccc(Cl)cc12. The van der Waals surface area contributed by atoms with Crippen LogP contribution in [0.1, 0.15) is 58.3 Å². The molecule has 3 aromatic rings. The van der Waals surface area contributed by atoms with E-state index < -0.39 is 67.2 Å². The number of rotatable bonds is 11. The number of hydrogen-bond donors (Lipinski definition) is 1. The number of benzene rings is 2. The lowest BCUT2D eigenvalue weighted by atomic mass is 9.98. The fourth-order valence-electron chi connectivity index (χ4n) is 3.56. The largest absolute Gasteiger partial charge is 0.438 e. The first-order valence-corrected chi connectivity index (χ1v) is 16.1. The van der Waals surface area contributed by atoms with E-state index in [2.05, 4.69) is 5.32 Å². The Balaban J connectivity index is 2.04. The zero-order chi connectivity index (χ0) is 32.9. The molecule has 14 heteroatoms. The Hall–Kier alpha value is -3.15. The van der Waals surface area contributed by atoms with Crippen LogP contribution in [-0.4, -0.2) is 31.4 Å². The molecule has 44 heavy (non-hydrogen) atoms. The molecule has 238 valence electrons. The Kier molecular flexibility index (Phi) is 11.5. The van der Waals surface area contributed by atoms with E-state index in [-0.39, 0.29) is 11.1 Å². The highest BCUT2D eigenvalue weighted by Crippen LogP contribution is 2.62. The number of esters is 2. The predicted octanol–water partition coefficient (Wildman–Crippen LogP) is 7.98. The van der Waals surface area contributed by atoms with Gasteiger partial charge in [-0.3, -0.25) is 28.0 Å². The van der Waals surface area contributed by atoms with Crippen molar-refractivity contribution in [3.8, 4) is 0 Å². The van der Waals surface area contributed by atoms with E-state index in [1.165, 1.54) is 23.5 Å². The van der Waals surface area contributed by atoms with Gasteiger partial charge in [0, 0.05) is 21.5 Å². The highest BCUT2D eigenvalue weighted by atomic mass is 35.5. The molecule has 1 amide bonds. The molecule has 0 saturated carbocycles.